The standard InChI is InChI=1S/C23H23N3O3/c1-25-19-11-12-26(23(28)21-17-9-5-6-10-20(17)29-24-21)14-16(19)13-18(22(25)27)15-7-3-2-4-8-15/h2-4,7-8,13H,5-6,9-12,14H2,1H3. The minimum atomic E-state index is -0.0716. The topological polar surface area (TPSA) is 68.3 Å². The average molecular weight is 389 g/mol. The first-order valence-electron chi connectivity index (χ1n) is 10.2. The molecule has 0 radical (unpaired) electrons. The van der Waals surface area contributed by atoms with Crippen molar-refractivity contribution in [1.29, 1.82) is 0 Å². The van der Waals surface area contributed by atoms with E-state index in [-0.39, 0.29) is 11.5 Å². The van der Waals surface area contributed by atoms with Crippen LogP contribution in [0.25, 0.3) is 11.1 Å². The minimum Gasteiger partial charge on any atom is -0.360 e. The second-order valence-electron chi connectivity index (χ2n) is 7.88. The molecule has 2 aromatic heterocycles. The van der Waals surface area contributed by atoms with Gasteiger partial charge in [-0.15, -0.1) is 0 Å². The van der Waals surface area contributed by atoms with Crippen LogP contribution >= 0.6 is 0 Å². The first kappa shape index (κ1) is 17.9. The van der Waals surface area contributed by atoms with Crippen molar-refractivity contribution in [2.75, 3.05) is 6.54 Å². The quantitative estimate of drug-likeness (QED) is 0.675. The van der Waals surface area contributed by atoms with E-state index in [0.717, 1.165) is 53.8 Å². The molecule has 1 aliphatic carbocycles. The Balaban J connectivity index is 1.49. The molecule has 3 heterocycles. The fraction of sp³-hybridized carbons (Fsp3) is 0.348. The maximum absolute atomic E-state index is 13.2. The summed E-state index contributed by atoms with van der Waals surface area (Å²) in [4.78, 5) is 27.9. The average Bonchev–Trinajstić information content (AvgIpc) is 3.20. The Hall–Kier alpha value is -3.15. The molecule has 1 amide bonds. The van der Waals surface area contributed by atoms with Crippen molar-refractivity contribution in [3.63, 3.8) is 0 Å². The number of pyridine rings is 1. The van der Waals surface area contributed by atoms with Crippen molar-refractivity contribution in [2.45, 2.75) is 38.6 Å². The van der Waals surface area contributed by atoms with Gasteiger partial charge in [0.05, 0.1) is 0 Å². The predicted molar refractivity (Wildman–Crippen MR) is 109 cm³/mol. The van der Waals surface area contributed by atoms with E-state index < -0.39 is 0 Å². The summed E-state index contributed by atoms with van der Waals surface area (Å²) in [6.07, 6.45) is 4.53. The van der Waals surface area contributed by atoms with Gasteiger partial charge in [0, 0.05) is 49.8 Å². The van der Waals surface area contributed by atoms with Crippen LogP contribution in [0, 0.1) is 0 Å². The molecule has 0 unspecified atom stereocenters. The van der Waals surface area contributed by atoms with Crippen molar-refractivity contribution in [3.8, 4) is 11.1 Å². The molecule has 2 aliphatic rings. The van der Waals surface area contributed by atoms with E-state index in [1.165, 1.54) is 0 Å². The van der Waals surface area contributed by atoms with Crippen molar-refractivity contribution < 1.29 is 9.32 Å². The molecule has 6 nitrogen and oxygen atoms in total. The van der Waals surface area contributed by atoms with Crippen LogP contribution in [0.2, 0.25) is 0 Å². The molecule has 6 heteroatoms. The fourth-order valence-electron chi connectivity index (χ4n) is 4.53. The normalized spacial score (nSPS) is 15.7. The zero-order chi connectivity index (χ0) is 20.0. The number of aryl methyl sites for hydroxylation is 1. The summed E-state index contributed by atoms with van der Waals surface area (Å²) < 4.78 is 7.17. The summed E-state index contributed by atoms with van der Waals surface area (Å²) >= 11 is 0. The number of hydrogen-bond acceptors (Lipinski definition) is 4. The first-order valence-corrected chi connectivity index (χ1v) is 10.2. The third-order valence-corrected chi connectivity index (χ3v) is 6.13. The number of carbonyl (C=O) groups excluding carboxylic acids is 1. The fourth-order valence-corrected chi connectivity index (χ4v) is 4.53. The van der Waals surface area contributed by atoms with Gasteiger partial charge in [0.1, 0.15) is 5.76 Å². The molecule has 0 fully saturated rings. The molecule has 0 saturated carbocycles. The summed E-state index contributed by atoms with van der Waals surface area (Å²) in [7, 11) is 1.82. The summed E-state index contributed by atoms with van der Waals surface area (Å²) in [5, 5.41) is 4.10. The molecule has 1 aliphatic heterocycles. The summed E-state index contributed by atoms with van der Waals surface area (Å²) in [6.45, 7) is 1.05. The highest BCUT2D eigenvalue weighted by atomic mass is 16.5. The summed E-state index contributed by atoms with van der Waals surface area (Å²) in [5.74, 6) is 0.795. The largest absolute Gasteiger partial charge is 0.360 e. The molecule has 0 N–H and O–H groups in total. The molecule has 0 atom stereocenters. The van der Waals surface area contributed by atoms with Gasteiger partial charge >= 0.3 is 0 Å². The molecule has 29 heavy (non-hydrogen) atoms. The third kappa shape index (κ3) is 2.99. The molecule has 148 valence electrons. The van der Waals surface area contributed by atoms with E-state index in [9.17, 15) is 9.59 Å². The molecular formula is C23H23N3O3. The van der Waals surface area contributed by atoms with Gasteiger partial charge in [-0.25, -0.2) is 0 Å². The number of carbonyl (C=O) groups is 1. The van der Waals surface area contributed by atoms with Gasteiger partial charge in [0.15, 0.2) is 5.69 Å². The molecular weight excluding hydrogens is 366 g/mol. The van der Waals surface area contributed by atoms with E-state index >= 15 is 0 Å². The van der Waals surface area contributed by atoms with Gasteiger partial charge in [-0.2, -0.15) is 0 Å². The van der Waals surface area contributed by atoms with Gasteiger partial charge < -0.3 is 14.0 Å². The van der Waals surface area contributed by atoms with Crippen LogP contribution in [-0.2, 0) is 32.9 Å². The number of amides is 1. The molecule has 5 rings (SSSR count). The smallest absolute Gasteiger partial charge is 0.276 e. The third-order valence-electron chi connectivity index (χ3n) is 6.13. The zero-order valence-electron chi connectivity index (χ0n) is 16.5. The number of nitrogens with zero attached hydrogens (tertiary/aromatic N) is 3. The van der Waals surface area contributed by atoms with E-state index in [0.29, 0.717) is 30.8 Å². The van der Waals surface area contributed by atoms with E-state index in [1.54, 1.807) is 4.57 Å². The lowest BCUT2D eigenvalue weighted by Gasteiger charge is -2.30. The van der Waals surface area contributed by atoms with Crippen LogP contribution in [0.3, 0.4) is 0 Å². The number of fused-ring (bicyclic) bond motifs is 2. The van der Waals surface area contributed by atoms with Crippen LogP contribution in [0.15, 0.2) is 45.7 Å². The monoisotopic (exact) mass is 389 g/mol. The van der Waals surface area contributed by atoms with E-state index in [4.69, 9.17) is 4.52 Å². The van der Waals surface area contributed by atoms with Crippen LogP contribution in [0.5, 0.6) is 0 Å². The highest BCUT2D eigenvalue weighted by molar-refractivity contribution is 5.94. The van der Waals surface area contributed by atoms with E-state index in [2.05, 4.69) is 5.16 Å². The van der Waals surface area contributed by atoms with Crippen molar-refractivity contribution >= 4 is 5.91 Å². The first-order chi connectivity index (χ1) is 14.1. The lowest BCUT2D eigenvalue weighted by Crippen LogP contribution is -2.39. The lowest BCUT2D eigenvalue weighted by molar-refractivity contribution is 0.0721. The predicted octanol–water partition coefficient (Wildman–Crippen LogP) is 3.12. The summed E-state index contributed by atoms with van der Waals surface area (Å²) in [5.41, 5.74) is 5.03. The summed E-state index contributed by atoms with van der Waals surface area (Å²) in [6, 6.07) is 11.6. The Morgan fingerprint density at radius 1 is 1.10 bits per heavy atom. The van der Waals surface area contributed by atoms with Gasteiger partial charge in [-0.1, -0.05) is 35.5 Å². The molecule has 0 saturated heterocycles. The Morgan fingerprint density at radius 2 is 1.90 bits per heavy atom. The minimum absolute atomic E-state index is 0.000275. The lowest BCUT2D eigenvalue weighted by atomic mass is 9.95. The number of hydrogen-bond donors (Lipinski definition) is 0. The van der Waals surface area contributed by atoms with Crippen molar-refractivity contribution in [2.24, 2.45) is 7.05 Å². The number of rotatable bonds is 2. The Labute approximate surface area is 168 Å². The highest BCUT2D eigenvalue weighted by Crippen LogP contribution is 2.28. The number of benzene rings is 1. The maximum atomic E-state index is 13.2. The van der Waals surface area contributed by atoms with Crippen molar-refractivity contribution in [1.82, 2.24) is 14.6 Å². The zero-order valence-corrected chi connectivity index (χ0v) is 16.5. The van der Waals surface area contributed by atoms with Gasteiger partial charge in [-0.05, 0) is 36.5 Å². The SMILES string of the molecule is Cn1c2c(cc(-c3ccccc3)c1=O)CN(C(=O)c1noc3c1CCCC3)CC2. The molecule has 0 spiro atoms. The van der Waals surface area contributed by atoms with Gasteiger partial charge in [0.25, 0.3) is 11.5 Å². The van der Waals surface area contributed by atoms with Crippen LogP contribution < -0.4 is 5.56 Å². The van der Waals surface area contributed by atoms with Gasteiger partial charge in [0.2, 0.25) is 0 Å². The Bertz CT molecular complexity index is 1140. The van der Waals surface area contributed by atoms with Crippen LogP contribution in [0.4, 0.5) is 0 Å². The van der Waals surface area contributed by atoms with Crippen LogP contribution in [-0.4, -0.2) is 27.1 Å². The van der Waals surface area contributed by atoms with Crippen LogP contribution in [0.1, 0.15) is 45.9 Å². The second-order valence-corrected chi connectivity index (χ2v) is 7.88. The highest BCUT2D eigenvalue weighted by Gasteiger charge is 2.30. The van der Waals surface area contributed by atoms with Crippen molar-refractivity contribution in [3.05, 3.63) is 75.0 Å². The molecule has 0 bridgehead atoms. The number of aromatic nitrogens is 2. The maximum Gasteiger partial charge on any atom is 0.276 e. The molecule has 3 aromatic rings. The second kappa shape index (κ2) is 7.03. The Morgan fingerprint density at radius 3 is 2.72 bits per heavy atom. The van der Waals surface area contributed by atoms with E-state index in [1.807, 2.05) is 48.3 Å². The Kier molecular flexibility index (Phi) is 4.34. The molecule has 1 aromatic carbocycles. The van der Waals surface area contributed by atoms with Gasteiger partial charge in [-0.3, -0.25) is 9.59 Å².